The van der Waals surface area contributed by atoms with Crippen LogP contribution in [0.5, 0.6) is 0 Å². The van der Waals surface area contributed by atoms with Crippen molar-refractivity contribution in [1.82, 2.24) is 3.97 Å². The van der Waals surface area contributed by atoms with E-state index in [0.717, 1.165) is 6.07 Å². The van der Waals surface area contributed by atoms with Crippen LogP contribution in [0.3, 0.4) is 0 Å². The Balaban J connectivity index is 0.000000531. The van der Waals surface area contributed by atoms with Gasteiger partial charge in [-0.2, -0.15) is 0 Å². The zero-order valence-electron chi connectivity index (χ0n) is 8.30. The van der Waals surface area contributed by atoms with Gasteiger partial charge in [0.05, 0.1) is 5.52 Å². The number of halogens is 3. The smallest absolute Gasteiger partial charge is 0.151 e. The first-order chi connectivity index (χ1) is 7.22. The molecule has 1 aromatic heterocycles. The van der Waals surface area contributed by atoms with Crippen LogP contribution in [0, 0.1) is 11.6 Å². The maximum atomic E-state index is 13.3. The molecule has 0 saturated carbocycles. The van der Waals surface area contributed by atoms with Gasteiger partial charge in [0, 0.05) is 48.0 Å². The Morgan fingerprint density at radius 3 is 2.53 bits per heavy atom. The second kappa shape index (κ2) is 5.69. The fourth-order valence-corrected chi connectivity index (χ4v) is 2.58. The molecule has 82 valence electrons. The van der Waals surface area contributed by atoms with Gasteiger partial charge >= 0.3 is 0 Å². The number of fused-ring (bicyclic) bond motifs is 1. The standard InChI is InChI=1S/C8H4F2INS.C2H6/c9-6-3-5-1-2-12(13-11)8(5)7(10)4-6;1-2/h1-4H;1-2H3. The van der Waals surface area contributed by atoms with Crippen molar-refractivity contribution in [1.29, 1.82) is 0 Å². The van der Waals surface area contributed by atoms with Gasteiger partial charge in [-0.1, -0.05) is 13.8 Å². The molecule has 0 radical (unpaired) electrons. The van der Waals surface area contributed by atoms with Gasteiger partial charge in [-0.3, -0.25) is 3.97 Å². The summed E-state index contributed by atoms with van der Waals surface area (Å²) in [5.41, 5.74) is 0.431. The predicted octanol–water partition coefficient (Wildman–Crippen LogP) is 4.79. The van der Waals surface area contributed by atoms with E-state index in [1.807, 2.05) is 35.1 Å². The zero-order chi connectivity index (χ0) is 11.4. The average molecular weight is 341 g/mol. The van der Waals surface area contributed by atoms with Crippen molar-refractivity contribution in [2.24, 2.45) is 0 Å². The number of benzene rings is 1. The third-order valence-corrected chi connectivity index (χ3v) is 3.47. The van der Waals surface area contributed by atoms with Gasteiger partial charge in [0.15, 0.2) is 5.82 Å². The molecule has 0 saturated heterocycles. The molecule has 0 atom stereocenters. The molecule has 0 aliphatic heterocycles. The van der Waals surface area contributed by atoms with E-state index in [0.29, 0.717) is 10.9 Å². The Bertz CT molecular complexity index is 456. The summed E-state index contributed by atoms with van der Waals surface area (Å²) in [5, 5.41) is 0.585. The van der Waals surface area contributed by atoms with Crippen molar-refractivity contribution < 1.29 is 8.78 Å². The van der Waals surface area contributed by atoms with Crippen LogP contribution in [0.15, 0.2) is 24.4 Å². The number of rotatable bonds is 1. The summed E-state index contributed by atoms with van der Waals surface area (Å²) in [7, 11) is 1.35. The number of nitrogens with zero attached hydrogens (tertiary/aromatic N) is 1. The summed E-state index contributed by atoms with van der Waals surface area (Å²) in [6, 6.07) is 3.90. The fourth-order valence-electron chi connectivity index (χ4n) is 1.23. The van der Waals surface area contributed by atoms with E-state index < -0.39 is 11.6 Å². The van der Waals surface area contributed by atoms with Crippen LogP contribution < -0.4 is 0 Å². The summed E-state index contributed by atoms with van der Waals surface area (Å²) in [6.45, 7) is 4.00. The summed E-state index contributed by atoms with van der Waals surface area (Å²) in [5.74, 6) is -1.06. The quantitative estimate of drug-likeness (QED) is 0.675. The van der Waals surface area contributed by atoms with Crippen LogP contribution in [0.4, 0.5) is 8.78 Å². The summed E-state index contributed by atoms with van der Waals surface area (Å²) >= 11 is 2.04. The summed E-state index contributed by atoms with van der Waals surface area (Å²) in [4.78, 5) is 0. The van der Waals surface area contributed by atoms with Crippen LogP contribution in [-0.2, 0) is 0 Å². The lowest BCUT2D eigenvalue weighted by Crippen LogP contribution is -1.86. The van der Waals surface area contributed by atoms with Gasteiger partial charge < -0.3 is 0 Å². The first kappa shape index (κ1) is 12.8. The Labute approximate surface area is 104 Å². The minimum Gasteiger partial charge on any atom is -0.280 e. The third kappa shape index (κ3) is 2.63. The Kier molecular flexibility index (Phi) is 4.85. The molecular weight excluding hydrogens is 331 g/mol. The van der Waals surface area contributed by atoms with E-state index in [4.69, 9.17) is 0 Å². The van der Waals surface area contributed by atoms with E-state index in [1.54, 1.807) is 16.2 Å². The number of aromatic nitrogens is 1. The largest absolute Gasteiger partial charge is 0.280 e. The minimum atomic E-state index is -0.541. The van der Waals surface area contributed by atoms with Crippen molar-refractivity contribution in [3.05, 3.63) is 36.0 Å². The van der Waals surface area contributed by atoms with E-state index in [2.05, 4.69) is 0 Å². The topological polar surface area (TPSA) is 4.93 Å². The second-order valence-corrected chi connectivity index (χ2v) is 4.25. The average Bonchev–Trinajstić information content (AvgIpc) is 2.63. The second-order valence-electron chi connectivity index (χ2n) is 2.54. The Morgan fingerprint density at radius 1 is 1.27 bits per heavy atom. The lowest BCUT2D eigenvalue weighted by atomic mass is 10.2. The highest BCUT2D eigenvalue weighted by Crippen LogP contribution is 2.27. The van der Waals surface area contributed by atoms with Gasteiger partial charge in [-0.25, -0.2) is 8.78 Å². The summed E-state index contributed by atoms with van der Waals surface area (Å²) in [6.07, 6.45) is 1.71. The van der Waals surface area contributed by atoms with Crippen LogP contribution in [0.25, 0.3) is 10.9 Å². The van der Waals surface area contributed by atoms with Crippen LogP contribution in [-0.4, -0.2) is 3.97 Å². The molecule has 0 spiro atoms. The SMILES string of the molecule is CC.Fc1cc(F)c2c(ccn2SI)c1. The highest BCUT2D eigenvalue weighted by Gasteiger charge is 2.08. The molecule has 2 aromatic rings. The number of hydrogen-bond acceptors (Lipinski definition) is 1. The molecule has 0 N–H and O–H groups in total. The molecular formula is C10H10F2INS. The van der Waals surface area contributed by atoms with Gasteiger partial charge in [-0.05, 0) is 12.1 Å². The fraction of sp³-hybridized carbons (Fsp3) is 0.200. The van der Waals surface area contributed by atoms with Crippen molar-refractivity contribution >= 4 is 41.2 Å². The molecule has 0 aliphatic rings. The maximum Gasteiger partial charge on any atom is 0.151 e. The third-order valence-electron chi connectivity index (χ3n) is 1.74. The molecule has 1 heterocycles. The molecule has 0 unspecified atom stereocenters. The van der Waals surface area contributed by atoms with Crippen LogP contribution in [0.1, 0.15) is 13.8 Å². The molecule has 15 heavy (non-hydrogen) atoms. The summed E-state index contributed by atoms with van der Waals surface area (Å²) < 4.78 is 27.7. The van der Waals surface area contributed by atoms with Crippen molar-refractivity contribution in [2.75, 3.05) is 0 Å². The molecule has 0 bridgehead atoms. The Morgan fingerprint density at radius 2 is 1.93 bits per heavy atom. The molecule has 1 aromatic carbocycles. The highest BCUT2D eigenvalue weighted by molar-refractivity contribution is 14.2. The number of hydrogen-bond donors (Lipinski definition) is 0. The van der Waals surface area contributed by atoms with E-state index >= 15 is 0 Å². The van der Waals surface area contributed by atoms with E-state index in [1.165, 1.54) is 15.2 Å². The van der Waals surface area contributed by atoms with Gasteiger partial charge in [0.2, 0.25) is 0 Å². The maximum absolute atomic E-state index is 13.3. The molecule has 5 heteroatoms. The van der Waals surface area contributed by atoms with E-state index in [9.17, 15) is 8.78 Å². The van der Waals surface area contributed by atoms with Crippen molar-refractivity contribution in [2.45, 2.75) is 13.8 Å². The van der Waals surface area contributed by atoms with Crippen molar-refractivity contribution in [3.63, 3.8) is 0 Å². The van der Waals surface area contributed by atoms with Crippen LogP contribution >= 0.6 is 30.3 Å². The Hall–Kier alpha value is -0.300. The molecule has 2 rings (SSSR count). The lowest BCUT2D eigenvalue weighted by molar-refractivity contribution is 0.590. The molecule has 0 amide bonds. The normalized spacial score (nSPS) is 9.93. The molecule has 0 fully saturated rings. The predicted molar refractivity (Wildman–Crippen MR) is 70.2 cm³/mol. The zero-order valence-corrected chi connectivity index (χ0v) is 11.3. The van der Waals surface area contributed by atoms with Gasteiger partial charge in [0.1, 0.15) is 5.82 Å². The van der Waals surface area contributed by atoms with Gasteiger partial charge in [-0.15, -0.1) is 0 Å². The lowest BCUT2D eigenvalue weighted by Gasteiger charge is -1.99. The first-order valence-electron chi connectivity index (χ1n) is 4.47. The molecule has 0 aliphatic carbocycles. The minimum absolute atomic E-state index is 0.431. The molecule has 1 nitrogen and oxygen atoms in total. The van der Waals surface area contributed by atoms with E-state index in [-0.39, 0.29) is 0 Å². The first-order valence-corrected chi connectivity index (χ1v) is 7.79. The highest BCUT2D eigenvalue weighted by atomic mass is 127. The van der Waals surface area contributed by atoms with Crippen LogP contribution in [0.2, 0.25) is 0 Å². The van der Waals surface area contributed by atoms with Crippen molar-refractivity contribution in [3.8, 4) is 0 Å². The monoisotopic (exact) mass is 341 g/mol. The van der Waals surface area contributed by atoms with Gasteiger partial charge in [0.25, 0.3) is 0 Å².